The fourth-order valence-electron chi connectivity index (χ4n) is 2.80. The quantitative estimate of drug-likeness (QED) is 0.340. The van der Waals surface area contributed by atoms with Crippen LogP contribution in [0.5, 0.6) is 11.6 Å². The van der Waals surface area contributed by atoms with E-state index in [1.54, 1.807) is 6.20 Å². The van der Waals surface area contributed by atoms with Gasteiger partial charge in [-0.2, -0.15) is 0 Å². The highest BCUT2D eigenvalue weighted by molar-refractivity contribution is 14.0. The SMILES string of the molecule is CC(C)COc1ncc(CN=C(N)NC2CCOc3ccccc32)cc1Cl.I. The molecule has 0 amide bonds. The zero-order valence-corrected chi connectivity index (χ0v) is 19.1. The van der Waals surface area contributed by atoms with Crippen LogP contribution < -0.4 is 20.5 Å². The first-order valence-corrected chi connectivity index (χ1v) is 9.46. The largest absolute Gasteiger partial charge is 0.493 e. The van der Waals surface area contributed by atoms with Gasteiger partial charge in [-0.05, 0) is 23.6 Å². The van der Waals surface area contributed by atoms with E-state index in [-0.39, 0.29) is 30.0 Å². The van der Waals surface area contributed by atoms with Crippen molar-refractivity contribution >= 4 is 41.5 Å². The normalized spacial score (nSPS) is 16.0. The number of aliphatic imine (C=N–C) groups is 1. The molecule has 3 rings (SSSR count). The van der Waals surface area contributed by atoms with Crippen LogP contribution in [0.2, 0.25) is 5.02 Å². The maximum Gasteiger partial charge on any atom is 0.232 e. The van der Waals surface area contributed by atoms with Gasteiger partial charge in [-0.3, -0.25) is 0 Å². The number of pyridine rings is 1. The molecule has 0 saturated heterocycles. The second-order valence-corrected chi connectivity index (χ2v) is 7.32. The molecule has 1 aliphatic rings. The van der Waals surface area contributed by atoms with Crippen molar-refractivity contribution in [3.63, 3.8) is 0 Å². The fraction of sp³-hybridized carbons (Fsp3) is 0.400. The smallest absolute Gasteiger partial charge is 0.232 e. The van der Waals surface area contributed by atoms with Gasteiger partial charge in [0.1, 0.15) is 10.8 Å². The predicted octanol–water partition coefficient (Wildman–Crippen LogP) is 4.32. The topological polar surface area (TPSA) is 81.8 Å². The molecule has 0 radical (unpaired) electrons. The van der Waals surface area contributed by atoms with Crippen molar-refractivity contribution in [1.82, 2.24) is 10.3 Å². The molecule has 8 heteroatoms. The molecular formula is C20H26ClIN4O2. The standard InChI is InChI=1S/C20H25ClN4O2.HI/c1-13(2)12-27-19-16(21)9-14(10-23-19)11-24-20(22)25-17-7-8-26-18-6-4-3-5-15(17)18;/h3-6,9-10,13,17H,7-8,11-12H2,1-2H3,(H3,22,24,25);1H. The minimum Gasteiger partial charge on any atom is -0.493 e. The highest BCUT2D eigenvalue weighted by Gasteiger charge is 2.21. The van der Waals surface area contributed by atoms with Crippen molar-refractivity contribution in [3.05, 3.63) is 52.7 Å². The Hall–Kier alpha value is -1.74. The third-order valence-electron chi connectivity index (χ3n) is 4.13. The highest BCUT2D eigenvalue weighted by Crippen LogP contribution is 2.31. The lowest BCUT2D eigenvalue weighted by atomic mass is 10.0. The van der Waals surface area contributed by atoms with Crippen LogP contribution in [0.25, 0.3) is 0 Å². The van der Waals surface area contributed by atoms with Gasteiger partial charge in [-0.25, -0.2) is 9.98 Å². The van der Waals surface area contributed by atoms with Crippen LogP contribution >= 0.6 is 35.6 Å². The molecule has 2 heterocycles. The van der Waals surface area contributed by atoms with E-state index >= 15 is 0 Å². The van der Waals surface area contributed by atoms with Crippen molar-refractivity contribution in [2.45, 2.75) is 32.9 Å². The number of nitrogens with zero attached hydrogens (tertiary/aromatic N) is 2. The molecule has 1 unspecified atom stereocenters. The van der Waals surface area contributed by atoms with E-state index in [0.29, 0.717) is 42.5 Å². The molecule has 2 aromatic rings. The van der Waals surface area contributed by atoms with E-state index in [4.69, 9.17) is 26.8 Å². The molecule has 0 fully saturated rings. The van der Waals surface area contributed by atoms with Crippen LogP contribution in [0, 0.1) is 5.92 Å². The maximum atomic E-state index is 6.24. The lowest BCUT2D eigenvalue weighted by Gasteiger charge is -2.26. The Bertz CT molecular complexity index is 817. The monoisotopic (exact) mass is 516 g/mol. The number of fused-ring (bicyclic) bond motifs is 1. The molecule has 0 aliphatic carbocycles. The van der Waals surface area contributed by atoms with Gasteiger partial charge in [0.2, 0.25) is 5.88 Å². The van der Waals surface area contributed by atoms with E-state index < -0.39 is 0 Å². The number of nitrogens with one attached hydrogen (secondary N) is 1. The van der Waals surface area contributed by atoms with E-state index in [1.165, 1.54) is 0 Å². The van der Waals surface area contributed by atoms with Crippen molar-refractivity contribution in [2.24, 2.45) is 16.6 Å². The Morgan fingerprint density at radius 2 is 2.21 bits per heavy atom. The number of halogens is 2. The summed E-state index contributed by atoms with van der Waals surface area (Å²) in [5.41, 5.74) is 8.04. The number of nitrogens with two attached hydrogens (primary N) is 1. The number of hydrogen-bond donors (Lipinski definition) is 2. The van der Waals surface area contributed by atoms with E-state index in [1.807, 2.05) is 30.3 Å². The van der Waals surface area contributed by atoms with Gasteiger partial charge in [-0.15, -0.1) is 24.0 Å². The average Bonchev–Trinajstić information content (AvgIpc) is 2.66. The third-order valence-corrected chi connectivity index (χ3v) is 4.40. The van der Waals surface area contributed by atoms with Crippen LogP contribution in [0.15, 0.2) is 41.5 Å². The Balaban J connectivity index is 0.00000280. The maximum absolute atomic E-state index is 6.24. The molecule has 0 saturated carbocycles. The number of hydrogen-bond acceptors (Lipinski definition) is 4. The second kappa shape index (κ2) is 10.7. The van der Waals surface area contributed by atoms with E-state index in [9.17, 15) is 0 Å². The van der Waals surface area contributed by atoms with Gasteiger partial charge < -0.3 is 20.5 Å². The number of rotatable bonds is 6. The number of guanidine groups is 1. The molecule has 1 aromatic heterocycles. The van der Waals surface area contributed by atoms with Gasteiger partial charge in [0.15, 0.2) is 5.96 Å². The first kappa shape index (κ1) is 22.5. The number of ether oxygens (including phenoxy) is 2. The van der Waals surface area contributed by atoms with Gasteiger partial charge in [0.05, 0.1) is 25.8 Å². The Morgan fingerprint density at radius 1 is 1.43 bits per heavy atom. The predicted molar refractivity (Wildman–Crippen MR) is 123 cm³/mol. The molecule has 0 bridgehead atoms. The fourth-order valence-corrected chi connectivity index (χ4v) is 3.04. The lowest BCUT2D eigenvalue weighted by Crippen LogP contribution is -2.37. The summed E-state index contributed by atoms with van der Waals surface area (Å²) in [7, 11) is 0. The Labute approximate surface area is 187 Å². The van der Waals surface area contributed by atoms with Gasteiger partial charge in [0.25, 0.3) is 0 Å². The third kappa shape index (κ3) is 6.13. The first-order valence-electron chi connectivity index (χ1n) is 9.08. The average molecular weight is 517 g/mol. The van der Waals surface area contributed by atoms with E-state index in [2.05, 4.69) is 29.1 Å². The molecule has 6 nitrogen and oxygen atoms in total. The van der Waals surface area contributed by atoms with Crippen LogP contribution in [0.4, 0.5) is 0 Å². The molecule has 28 heavy (non-hydrogen) atoms. The summed E-state index contributed by atoms with van der Waals surface area (Å²) < 4.78 is 11.3. The van der Waals surface area contributed by atoms with Crippen molar-refractivity contribution in [1.29, 1.82) is 0 Å². The molecule has 0 spiro atoms. The summed E-state index contributed by atoms with van der Waals surface area (Å²) in [4.78, 5) is 8.68. The summed E-state index contributed by atoms with van der Waals surface area (Å²) in [5, 5.41) is 3.75. The summed E-state index contributed by atoms with van der Waals surface area (Å²) in [6.45, 7) is 5.76. The zero-order valence-electron chi connectivity index (χ0n) is 16.0. The summed E-state index contributed by atoms with van der Waals surface area (Å²) >= 11 is 6.24. The Kier molecular flexibility index (Phi) is 8.62. The minimum atomic E-state index is 0. The summed E-state index contributed by atoms with van der Waals surface area (Å²) in [6, 6.07) is 9.86. The molecule has 1 atom stereocenters. The van der Waals surface area contributed by atoms with Crippen LogP contribution in [-0.2, 0) is 6.54 Å². The molecule has 152 valence electrons. The second-order valence-electron chi connectivity index (χ2n) is 6.91. The van der Waals surface area contributed by atoms with Gasteiger partial charge >= 0.3 is 0 Å². The number of benzene rings is 1. The number of para-hydroxylation sites is 1. The van der Waals surface area contributed by atoms with Crippen LogP contribution in [-0.4, -0.2) is 24.2 Å². The highest BCUT2D eigenvalue weighted by atomic mass is 127. The van der Waals surface area contributed by atoms with Crippen molar-refractivity contribution in [2.75, 3.05) is 13.2 Å². The van der Waals surface area contributed by atoms with Crippen molar-refractivity contribution < 1.29 is 9.47 Å². The lowest BCUT2D eigenvalue weighted by molar-refractivity contribution is 0.261. The van der Waals surface area contributed by atoms with Gasteiger partial charge in [-0.1, -0.05) is 43.6 Å². The molecular weight excluding hydrogens is 491 g/mol. The summed E-state index contributed by atoms with van der Waals surface area (Å²) in [6.07, 6.45) is 2.55. The molecule has 3 N–H and O–H groups in total. The zero-order chi connectivity index (χ0) is 19.2. The van der Waals surface area contributed by atoms with Crippen molar-refractivity contribution in [3.8, 4) is 11.6 Å². The first-order chi connectivity index (χ1) is 13.0. The van der Waals surface area contributed by atoms with Crippen LogP contribution in [0.3, 0.4) is 0 Å². The molecule has 1 aromatic carbocycles. The van der Waals surface area contributed by atoms with Gasteiger partial charge in [0, 0.05) is 18.2 Å². The minimum absolute atomic E-state index is 0. The summed E-state index contributed by atoms with van der Waals surface area (Å²) in [5.74, 6) is 2.13. The Morgan fingerprint density at radius 3 is 2.96 bits per heavy atom. The number of aromatic nitrogens is 1. The van der Waals surface area contributed by atoms with E-state index in [0.717, 1.165) is 23.3 Å². The van der Waals surface area contributed by atoms with Crippen LogP contribution in [0.1, 0.15) is 37.4 Å². The molecule has 1 aliphatic heterocycles.